The van der Waals surface area contributed by atoms with Crippen LogP contribution in [0.2, 0.25) is 5.02 Å². The lowest BCUT2D eigenvalue weighted by Crippen LogP contribution is -2.39. The Morgan fingerprint density at radius 3 is 2.58 bits per heavy atom. The van der Waals surface area contributed by atoms with Crippen LogP contribution in [-0.2, 0) is 6.18 Å². The maximum atomic E-state index is 12.9. The molecule has 0 spiro atoms. The van der Waals surface area contributed by atoms with Crippen molar-refractivity contribution in [3.63, 3.8) is 0 Å². The fourth-order valence-electron chi connectivity index (χ4n) is 3.04. The molecule has 2 heterocycles. The van der Waals surface area contributed by atoms with E-state index in [4.69, 9.17) is 17.0 Å². The van der Waals surface area contributed by atoms with Gasteiger partial charge in [-0.05, 0) is 53.9 Å². The highest BCUT2D eigenvalue weighted by Crippen LogP contribution is 2.34. The van der Waals surface area contributed by atoms with Gasteiger partial charge in [-0.2, -0.15) is 13.2 Å². The Labute approximate surface area is 184 Å². The summed E-state index contributed by atoms with van der Waals surface area (Å²) in [5.74, 6) is 0.368. The molecule has 0 unspecified atom stereocenters. The highest BCUT2D eigenvalue weighted by molar-refractivity contribution is 7.14. The maximum Gasteiger partial charge on any atom is 0.416 e. The zero-order valence-electron chi connectivity index (χ0n) is 15.7. The minimum absolute atomic E-state index is 0.0117. The summed E-state index contributed by atoms with van der Waals surface area (Å²) in [6.45, 7) is 0.438. The van der Waals surface area contributed by atoms with Crippen molar-refractivity contribution in [2.45, 2.75) is 6.18 Å². The number of amides is 2. The van der Waals surface area contributed by atoms with Gasteiger partial charge in [0.1, 0.15) is 10.8 Å². The van der Waals surface area contributed by atoms with Crippen LogP contribution < -0.4 is 20.9 Å². The van der Waals surface area contributed by atoms with Gasteiger partial charge in [-0.25, -0.2) is 4.79 Å². The minimum Gasteiger partial charge on any atom is -0.359 e. The number of thiophene rings is 1. The van der Waals surface area contributed by atoms with Gasteiger partial charge >= 0.3 is 12.2 Å². The molecular formula is C20H15ClF3N5OS. The van der Waals surface area contributed by atoms with Crippen molar-refractivity contribution in [3.05, 3.63) is 70.1 Å². The van der Waals surface area contributed by atoms with Gasteiger partial charge in [0.25, 0.3) is 0 Å². The fraction of sp³-hybridized carbons (Fsp3) is 0.100. The summed E-state index contributed by atoms with van der Waals surface area (Å²) in [5, 5.41) is 19.4. The quantitative estimate of drug-likeness (QED) is 0.367. The number of halogens is 4. The third kappa shape index (κ3) is 4.44. The normalized spacial score (nSPS) is 13.4. The largest absolute Gasteiger partial charge is 0.416 e. The first-order valence-electron chi connectivity index (χ1n) is 8.95. The van der Waals surface area contributed by atoms with E-state index in [9.17, 15) is 18.0 Å². The van der Waals surface area contributed by atoms with Gasteiger partial charge in [0.2, 0.25) is 0 Å². The third-order valence-corrected chi connectivity index (χ3v) is 5.77. The lowest BCUT2D eigenvalue weighted by atomic mass is 10.2. The summed E-state index contributed by atoms with van der Waals surface area (Å²) in [6, 6.07) is 10.6. The first-order valence-corrected chi connectivity index (χ1v) is 10.2. The lowest BCUT2D eigenvalue weighted by molar-refractivity contribution is -0.137. The van der Waals surface area contributed by atoms with Crippen molar-refractivity contribution in [2.24, 2.45) is 0 Å². The van der Waals surface area contributed by atoms with Crippen LogP contribution in [0.4, 0.5) is 40.0 Å². The predicted octanol–water partition coefficient (Wildman–Crippen LogP) is 6.28. The van der Waals surface area contributed by atoms with Gasteiger partial charge in [-0.1, -0.05) is 11.6 Å². The van der Waals surface area contributed by atoms with Crippen LogP contribution in [0.1, 0.15) is 11.1 Å². The molecular weight excluding hydrogens is 451 g/mol. The Kier molecular flexibility index (Phi) is 5.50. The molecule has 4 N–H and O–H groups in total. The van der Waals surface area contributed by atoms with Crippen LogP contribution in [0.15, 0.2) is 53.9 Å². The second kappa shape index (κ2) is 8.12. The number of nitrogens with zero attached hydrogens (tertiary/aromatic N) is 1. The first kappa shape index (κ1) is 21.0. The smallest absolute Gasteiger partial charge is 0.359 e. The average Bonchev–Trinajstić information content (AvgIpc) is 3.20. The Balaban J connectivity index is 1.43. The summed E-state index contributed by atoms with van der Waals surface area (Å²) < 4.78 is 38.6. The number of urea groups is 1. The number of nitrogens with one attached hydrogen (secondary N) is 4. The van der Waals surface area contributed by atoms with Crippen molar-refractivity contribution in [1.82, 2.24) is 0 Å². The van der Waals surface area contributed by atoms with Crippen LogP contribution in [-0.4, -0.2) is 18.5 Å². The highest BCUT2D eigenvalue weighted by atomic mass is 35.5. The van der Waals surface area contributed by atoms with Crippen molar-refractivity contribution in [1.29, 1.82) is 5.41 Å². The van der Waals surface area contributed by atoms with Crippen LogP contribution in [0.5, 0.6) is 0 Å². The number of rotatable bonds is 3. The Bertz CT molecular complexity index is 1150. The number of carbonyl (C=O) groups excluding carboxylic acids is 1. The molecule has 0 bridgehead atoms. The number of alkyl halides is 3. The minimum atomic E-state index is -4.55. The molecule has 0 radical (unpaired) electrons. The van der Waals surface area contributed by atoms with Crippen LogP contribution in [0.25, 0.3) is 0 Å². The highest BCUT2D eigenvalue weighted by Gasteiger charge is 2.31. The number of amidine groups is 1. The average molecular weight is 466 g/mol. The molecule has 1 aliphatic heterocycles. The van der Waals surface area contributed by atoms with Gasteiger partial charge in [0, 0.05) is 11.4 Å². The third-order valence-electron chi connectivity index (χ3n) is 4.57. The van der Waals surface area contributed by atoms with Gasteiger partial charge in [0.05, 0.1) is 28.5 Å². The molecule has 0 fully saturated rings. The van der Waals surface area contributed by atoms with E-state index in [-0.39, 0.29) is 10.7 Å². The monoisotopic (exact) mass is 465 g/mol. The maximum absolute atomic E-state index is 12.9. The number of carbonyl (C=O) groups is 1. The summed E-state index contributed by atoms with van der Waals surface area (Å²) in [6.07, 6.45) is -4.55. The molecule has 4 rings (SSSR count). The summed E-state index contributed by atoms with van der Waals surface area (Å²) in [5.41, 5.74) is 0.932. The van der Waals surface area contributed by atoms with Crippen LogP contribution >= 0.6 is 22.9 Å². The van der Waals surface area contributed by atoms with E-state index in [1.54, 1.807) is 29.2 Å². The Morgan fingerprint density at radius 1 is 1.13 bits per heavy atom. The Hall–Kier alpha value is -3.24. The molecule has 3 aromatic rings. The van der Waals surface area contributed by atoms with Crippen molar-refractivity contribution in [3.8, 4) is 0 Å². The molecule has 160 valence electrons. The second-order valence-electron chi connectivity index (χ2n) is 6.59. The zero-order chi connectivity index (χ0) is 22.2. The predicted molar refractivity (Wildman–Crippen MR) is 118 cm³/mol. The standard InChI is InChI=1S/C20H15ClF3N5OS/c21-15-6-1-11(20(22,23)24)9-16(15)28-19(30)27-12-2-4-13(5-3-12)29-10-26-18-14(17(29)25)7-8-31-18/h1-9,25-26H,10H2,(H2,27,28,30). The van der Waals surface area contributed by atoms with E-state index in [2.05, 4.69) is 16.0 Å². The van der Waals surface area contributed by atoms with E-state index >= 15 is 0 Å². The molecule has 1 aliphatic rings. The molecule has 0 saturated heterocycles. The van der Waals surface area contributed by atoms with E-state index < -0.39 is 17.8 Å². The van der Waals surface area contributed by atoms with E-state index in [1.165, 1.54) is 11.3 Å². The topological polar surface area (TPSA) is 80.2 Å². The van der Waals surface area contributed by atoms with Crippen molar-refractivity contribution >= 4 is 56.9 Å². The molecule has 11 heteroatoms. The molecule has 0 aliphatic carbocycles. The van der Waals surface area contributed by atoms with E-state index in [0.717, 1.165) is 34.5 Å². The molecule has 1 aromatic heterocycles. The molecule has 31 heavy (non-hydrogen) atoms. The van der Waals surface area contributed by atoms with Gasteiger partial charge in [0.15, 0.2) is 0 Å². The molecule has 0 saturated carbocycles. The number of anilines is 4. The van der Waals surface area contributed by atoms with Crippen LogP contribution in [0.3, 0.4) is 0 Å². The zero-order valence-corrected chi connectivity index (χ0v) is 17.3. The first-order chi connectivity index (χ1) is 14.7. The number of hydrogen-bond donors (Lipinski definition) is 4. The SMILES string of the molecule is N=C1c2ccsc2NCN1c1ccc(NC(=O)Nc2cc(C(F)(F)F)ccc2Cl)cc1. The molecule has 2 aromatic carbocycles. The molecule has 0 atom stereocenters. The fourth-order valence-corrected chi connectivity index (χ4v) is 3.98. The van der Waals surface area contributed by atoms with Gasteiger partial charge in [-0.3, -0.25) is 5.41 Å². The molecule has 6 nitrogen and oxygen atoms in total. The van der Waals surface area contributed by atoms with E-state index in [1.807, 2.05) is 11.4 Å². The lowest BCUT2D eigenvalue weighted by Gasteiger charge is -2.30. The summed E-state index contributed by atoms with van der Waals surface area (Å²) >= 11 is 7.44. The summed E-state index contributed by atoms with van der Waals surface area (Å²) in [4.78, 5) is 14.0. The summed E-state index contributed by atoms with van der Waals surface area (Å²) in [7, 11) is 0. The van der Waals surface area contributed by atoms with Crippen molar-refractivity contribution < 1.29 is 18.0 Å². The number of benzene rings is 2. The van der Waals surface area contributed by atoms with E-state index in [0.29, 0.717) is 18.2 Å². The van der Waals surface area contributed by atoms with Crippen molar-refractivity contribution in [2.75, 3.05) is 27.5 Å². The van der Waals surface area contributed by atoms with Crippen LogP contribution in [0, 0.1) is 5.41 Å². The number of hydrogen-bond acceptors (Lipinski definition) is 4. The van der Waals surface area contributed by atoms with Gasteiger partial charge < -0.3 is 20.9 Å². The second-order valence-corrected chi connectivity index (χ2v) is 7.92. The molecule has 2 amide bonds. The number of fused-ring (bicyclic) bond motifs is 1. The Morgan fingerprint density at radius 2 is 1.87 bits per heavy atom. The van der Waals surface area contributed by atoms with Gasteiger partial charge in [-0.15, -0.1) is 11.3 Å².